The van der Waals surface area contributed by atoms with Crippen molar-refractivity contribution in [3.05, 3.63) is 47.5 Å². The van der Waals surface area contributed by atoms with Crippen molar-refractivity contribution in [2.24, 2.45) is 0 Å². The number of carbonyl (C=O) groups is 1. The standard InChI is InChI=1S/C17H20O4/c1-17(9-5-8-15(18)19-2)11-20-16-13-7-4-3-6-12(13)10-14(16)21-17/h3-8,14,16H,9-11H2,1-2H3/b8-5+/t14-,16+,17-/m1/s1. The molecule has 0 saturated carbocycles. The van der Waals surface area contributed by atoms with Gasteiger partial charge in [0.05, 0.1) is 25.4 Å². The van der Waals surface area contributed by atoms with Crippen molar-refractivity contribution in [3.8, 4) is 0 Å². The number of hydrogen-bond acceptors (Lipinski definition) is 4. The van der Waals surface area contributed by atoms with Crippen molar-refractivity contribution in [3.63, 3.8) is 0 Å². The average molecular weight is 288 g/mol. The first-order chi connectivity index (χ1) is 10.1. The number of rotatable bonds is 3. The lowest BCUT2D eigenvalue weighted by Crippen LogP contribution is -2.45. The van der Waals surface area contributed by atoms with Gasteiger partial charge in [-0.2, -0.15) is 0 Å². The lowest BCUT2D eigenvalue weighted by molar-refractivity contribution is -0.220. The summed E-state index contributed by atoms with van der Waals surface area (Å²) in [5.41, 5.74) is 2.16. The Bertz CT molecular complexity index is 566. The summed E-state index contributed by atoms with van der Waals surface area (Å²) in [5.74, 6) is -0.346. The second kappa shape index (κ2) is 5.62. The Morgan fingerprint density at radius 1 is 1.48 bits per heavy atom. The molecule has 1 fully saturated rings. The molecule has 1 aliphatic carbocycles. The second-order valence-electron chi connectivity index (χ2n) is 5.87. The van der Waals surface area contributed by atoms with Gasteiger partial charge in [0.25, 0.3) is 0 Å². The summed E-state index contributed by atoms with van der Waals surface area (Å²) in [6.07, 6.45) is 4.84. The lowest BCUT2D eigenvalue weighted by atomic mass is 9.99. The number of esters is 1. The largest absolute Gasteiger partial charge is 0.466 e. The van der Waals surface area contributed by atoms with E-state index in [4.69, 9.17) is 9.47 Å². The Balaban J connectivity index is 1.66. The molecule has 3 atom stereocenters. The minimum atomic E-state index is -0.395. The summed E-state index contributed by atoms with van der Waals surface area (Å²) >= 11 is 0. The van der Waals surface area contributed by atoms with Crippen LogP contribution in [0.1, 0.15) is 30.6 Å². The van der Waals surface area contributed by atoms with E-state index in [0.29, 0.717) is 13.0 Å². The summed E-state index contributed by atoms with van der Waals surface area (Å²) in [6, 6.07) is 8.34. The van der Waals surface area contributed by atoms with Gasteiger partial charge in [-0.3, -0.25) is 0 Å². The van der Waals surface area contributed by atoms with Crippen molar-refractivity contribution >= 4 is 5.97 Å². The van der Waals surface area contributed by atoms with Crippen LogP contribution in [0, 0.1) is 0 Å². The Hall–Kier alpha value is -1.65. The fourth-order valence-electron chi connectivity index (χ4n) is 3.07. The van der Waals surface area contributed by atoms with E-state index >= 15 is 0 Å². The predicted octanol–water partition coefficient (Wildman–Crippen LogP) is 2.58. The Kier molecular flexibility index (Phi) is 3.83. The SMILES string of the molecule is COC(=O)/C=C/C[C@]1(C)CO[C@H]2c3ccccc3C[C@H]2O1. The molecule has 1 aromatic rings. The van der Waals surface area contributed by atoms with Gasteiger partial charge in [-0.25, -0.2) is 4.79 Å². The quantitative estimate of drug-likeness (QED) is 0.633. The molecule has 1 aromatic carbocycles. The van der Waals surface area contributed by atoms with Crippen LogP contribution < -0.4 is 0 Å². The van der Waals surface area contributed by atoms with Gasteiger partial charge < -0.3 is 14.2 Å². The zero-order valence-electron chi connectivity index (χ0n) is 12.4. The van der Waals surface area contributed by atoms with Gasteiger partial charge in [0.1, 0.15) is 6.10 Å². The Labute approximate surface area is 124 Å². The lowest BCUT2D eigenvalue weighted by Gasteiger charge is -2.40. The number of methoxy groups -OCH3 is 1. The summed E-state index contributed by atoms with van der Waals surface area (Å²) in [5, 5.41) is 0. The summed E-state index contributed by atoms with van der Waals surface area (Å²) in [6.45, 7) is 2.54. The molecule has 1 aliphatic heterocycles. The van der Waals surface area contributed by atoms with Crippen LogP contribution in [0.15, 0.2) is 36.4 Å². The third-order valence-electron chi connectivity index (χ3n) is 4.13. The second-order valence-corrected chi connectivity index (χ2v) is 5.87. The van der Waals surface area contributed by atoms with E-state index in [1.54, 1.807) is 6.08 Å². The van der Waals surface area contributed by atoms with Crippen LogP contribution >= 0.6 is 0 Å². The zero-order valence-corrected chi connectivity index (χ0v) is 12.4. The number of fused-ring (bicyclic) bond motifs is 3. The third-order valence-corrected chi connectivity index (χ3v) is 4.13. The molecular formula is C17H20O4. The van der Waals surface area contributed by atoms with E-state index in [1.165, 1.54) is 24.3 Å². The van der Waals surface area contributed by atoms with Crippen molar-refractivity contribution in [1.29, 1.82) is 0 Å². The molecule has 3 rings (SSSR count). The maximum atomic E-state index is 11.1. The van der Waals surface area contributed by atoms with Crippen LogP contribution in [0.5, 0.6) is 0 Å². The third kappa shape index (κ3) is 2.87. The predicted molar refractivity (Wildman–Crippen MR) is 77.9 cm³/mol. The summed E-state index contributed by atoms with van der Waals surface area (Å²) < 4.78 is 16.9. The van der Waals surface area contributed by atoms with Crippen molar-refractivity contribution < 1.29 is 19.0 Å². The maximum Gasteiger partial charge on any atom is 0.330 e. The highest BCUT2D eigenvalue weighted by Crippen LogP contribution is 2.42. The van der Waals surface area contributed by atoms with Gasteiger partial charge in [-0.05, 0) is 24.5 Å². The molecule has 2 aliphatic rings. The van der Waals surface area contributed by atoms with Gasteiger partial charge in [0.15, 0.2) is 0 Å². The molecule has 0 bridgehead atoms. The molecule has 0 aromatic heterocycles. The minimum Gasteiger partial charge on any atom is -0.466 e. The first kappa shape index (κ1) is 14.3. The highest BCUT2D eigenvalue weighted by Gasteiger charge is 2.43. The van der Waals surface area contributed by atoms with Crippen molar-refractivity contribution in [2.75, 3.05) is 13.7 Å². The molecule has 0 unspecified atom stereocenters. The van der Waals surface area contributed by atoms with Crippen LogP contribution in [-0.4, -0.2) is 31.4 Å². The van der Waals surface area contributed by atoms with Crippen LogP contribution in [0.4, 0.5) is 0 Å². The number of carbonyl (C=O) groups excluding carboxylic acids is 1. The monoisotopic (exact) mass is 288 g/mol. The van der Waals surface area contributed by atoms with E-state index in [9.17, 15) is 4.79 Å². The highest BCUT2D eigenvalue weighted by atomic mass is 16.6. The number of hydrogen-bond donors (Lipinski definition) is 0. The summed E-state index contributed by atoms with van der Waals surface area (Å²) in [4.78, 5) is 11.1. The number of benzene rings is 1. The van der Waals surface area contributed by atoms with Crippen LogP contribution in [-0.2, 0) is 25.4 Å². The van der Waals surface area contributed by atoms with Gasteiger partial charge in [0, 0.05) is 12.5 Å². The van der Waals surface area contributed by atoms with Crippen LogP contribution in [0.25, 0.3) is 0 Å². The topological polar surface area (TPSA) is 44.8 Å². The zero-order chi connectivity index (χ0) is 14.9. The first-order valence-corrected chi connectivity index (χ1v) is 7.23. The fraction of sp³-hybridized carbons (Fsp3) is 0.471. The molecule has 0 amide bonds. The van der Waals surface area contributed by atoms with Crippen molar-refractivity contribution in [2.45, 2.75) is 37.6 Å². The van der Waals surface area contributed by atoms with Gasteiger partial charge >= 0.3 is 5.97 Å². The summed E-state index contributed by atoms with van der Waals surface area (Å²) in [7, 11) is 1.37. The Morgan fingerprint density at radius 2 is 2.29 bits per heavy atom. The van der Waals surface area contributed by atoms with E-state index in [2.05, 4.69) is 22.9 Å². The number of ether oxygens (including phenoxy) is 3. The molecule has 0 N–H and O–H groups in total. The van der Waals surface area contributed by atoms with Gasteiger partial charge in [-0.15, -0.1) is 0 Å². The molecule has 1 heterocycles. The smallest absolute Gasteiger partial charge is 0.330 e. The van der Waals surface area contributed by atoms with E-state index in [-0.39, 0.29) is 18.2 Å². The van der Waals surface area contributed by atoms with E-state index in [1.807, 2.05) is 13.0 Å². The highest BCUT2D eigenvalue weighted by molar-refractivity contribution is 5.81. The average Bonchev–Trinajstić information content (AvgIpc) is 2.83. The molecule has 112 valence electrons. The van der Waals surface area contributed by atoms with Gasteiger partial charge in [0.2, 0.25) is 0 Å². The maximum absolute atomic E-state index is 11.1. The molecule has 21 heavy (non-hydrogen) atoms. The van der Waals surface area contributed by atoms with Gasteiger partial charge in [-0.1, -0.05) is 30.3 Å². The molecule has 0 radical (unpaired) electrons. The van der Waals surface area contributed by atoms with Crippen LogP contribution in [0.3, 0.4) is 0 Å². The minimum absolute atomic E-state index is 0.0406. The van der Waals surface area contributed by atoms with E-state index in [0.717, 1.165) is 6.42 Å². The van der Waals surface area contributed by atoms with Crippen molar-refractivity contribution in [1.82, 2.24) is 0 Å². The molecule has 1 saturated heterocycles. The normalized spacial score (nSPS) is 31.0. The molecule has 4 heteroatoms. The Morgan fingerprint density at radius 3 is 3.10 bits per heavy atom. The first-order valence-electron chi connectivity index (χ1n) is 7.23. The van der Waals surface area contributed by atoms with E-state index < -0.39 is 5.60 Å². The van der Waals surface area contributed by atoms with Crippen LogP contribution in [0.2, 0.25) is 0 Å². The molecular weight excluding hydrogens is 268 g/mol. The molecule has 4 nitrogen and oxygen atoms in total. The fourth-order valence-corrected chi connectivity index (χ4v) is 3.07. The molecule has 0 spiro atoms.